The summed E-state index contributed by atoms with van der Waals surface area (Å²) in [5, 5.41) is 28.3. The Balaban J connectivity index is 1.90. The SMILES string of the molecule is CCCCCCCCOc1ccc(-c2cc(O)n(OC(=O)O)c2O)cc1. The third-order valence-electron chi connectivity index (χ3n) is 4.02. The van der Waals surface area contributed by atoms with Gasteiger partial charge in [-0.05, 0) is 24.1 Å². The Hall–Kier alpha value is -2.83. The Bertz CT molecular complexity index is 708. The van der Waals surface area contributed by atoms with Crippen molar-refractivity contribution in [1.82, 2.24) is 4.73 Å². The highest BCUT2D eigenvalue weighted by Crippen LogP contribution is 2.35. The van der Waals surface area contributed by atoms with Crippen LogP contribution in [0.3, 0.4) is 0 Å². The minimum atomic E-state index is -1.64. The van der Waals surface area contributed by atoms with Crippen LogP contribution in [0, 0.1) is 0 Å². The van der Waals surface area contributed by atoms with Crippen molar-refractivity contribution in [2.24, 2.45) is 0 Å². The van der Waals surface area contributed by atoms with Crippen molar-refractivity contribution in [3.8, 4) is 28.6 Å². The highest BCUT2D eigenvalue weighted by atomic mass is 16.8. The van der Waals surface area contributed by atoms with Crippen LogP contribution in [0.25, 0.3) is 11.1 Å². The maximum atomic E-state index is 10.6. The van der Waals surface area contributed by atoms with E-state index in [1.54, 1.807) is 24.3 Å². The third kappa shape index (κ3) is 5.34. The number of benzene rings is 1. The highest BCUT2D eigenvalue weighted by Gasteiger charge is 2.18. The van der Waals surface area contributed by atoms with Gasteiger partial charge in [0.1, 0.15) is 5.75 Å². The number of hydrogen-bond donors (Lipinski definition) is 3. The van der Waals surface area contributed by atoms with Crippen LogP contribution in [-0.4, -0.2) is 32.8 Å². The van der Waals surface area contributed by atoms with Crippen molar-refractivity contribution in [3.05, 3.63) is 30.3 Å². The van der Waals surface area contributed by atoms with E-state index < -0.39 is 17.9 Å². The van der Waals surface area contributed by atoms with E-state index in [2.05, 4.69) is 11.8 Å². The van der Waals surface area contributed by atoms with Crippen LogP contribution in [0.5, 0.6) is 17.5 Å². The van der Waals surface area contributed by atoms with Gasteiger partial charge in [0, 0.05) is 6.07 Å². The maximum Gasteiger partial charge on any atom is 0.531 e. The molecular weight excluding hydrogens is 338 g/mol. The summed E-state index contributed by atoms with van der Waals surface area (Å²) < 4.78 is 6.14. The molecule has 0 saturated carbocycles. The fourth-order valence-corrected chi connectivity index (χ4v) is 2.65. The molecule has 0 aliphatic carbocycles. The molecular formula is C19H25NO6. The first-order valence-electron chi connectivity index (χ1n) is 8.81. The summed E-state index contributed by atoms with van der Waals surface area (Å²) in [4.78, 5) is 14.9. The van der Waals surface area contributed by atoms with E-state index in [0.29, 0.717) is 22.7 Å². The second kappa shape index (κ2) is 9.60. The predicted molar refractivity (Wildman–Crippen MR) is 96.7 cm³/mol. The number of nitrogens with zero attached hydrogens (tertiary/aromatic N) is 1. The first kappa shape index (κ1) is 19.5. The molecule has 0 saturated heterocycles. The zero-order valence-corrected chi connectivity index (χ0v) is 14.9. The first-order chi connectivity index (χ1) is 12.5. The van der Waals surface area contributed by atoms with Gasteiger partial charge in [0.2, 0.25) is 11.8 Å². The van der Waals surface area contributed by atoms with E-state index >= 15 is 0 Å². The van der Waals surface area contributed by atoms with Crippen molar-refractivity contribution in [1.29, 1.82) is 0 Å². The summed E-state index contributed by atoms with van der Waals surface area (Å²) in [6.45, 7) is 2.85. The van der Waals surface area contributed by atoms with Crippen LogP contribution in [0.4, 0.5) is 4.79 Å². The predicted octanol–water partition coefficient (Wildman–Crippen LogP) is 4.41. The van der Waals surface area contributed by atoms with Gasteiger partial charge < -0.3 is 20.1 Å². The number of aromatic nitrogens is 1. The molecule has 0 unspecified atom stereocenters. The molecule has 0 fully saturated rings. The molecule has 1 heterocycles. The lowest BCUT2D eigenvalue weighted by Gasteiger charge is -2.07. The summed E-state index contributed by atoms with van der Waals surface area (Å²) in [6.07, 6.45) is 5.54. The molecule has 26 heavy (non-hydrogen) atoms. The van der Waals surface area contributed by atoms with Gasteiger partial charge in [-0.15, -0.1) is 4.73 Å². The summed E-state index contributed by atoms with van der Waals surface area (Å²) in [7, 11) is 0. The lowest BCUT2D eigenvalue weighted by Crippen LogP contribution is -2.16. The number of aromatic hydroxyl groups is 2. The van der Waals surface area contributed by atoms with E-state index in [4.69, 9.17) is 9.84 Å². The molecule has 0 spiro atoms. The van der Waals surface area contributed by atoms with E-state index in [1.165, 1.54) is 31.7 Å². The fourth-order valence-electron chi connectivity index (χ4n) is 2.65. The molecule has 142 valence electrons. The van der Waals surface area contributed by atoms with Gasteiger partial charge in [-0.2, -0.15) is 0 Å². The zero-order chi connectivity index (χ0) is 18.9. The quantitative estimate of drug-likeness (QED) is 0.541. The van der Waals surface area contributed by atoms with E-state index in [0.717, 1.165) is 12.8 Å². The Morgan fingerprint density at radius 1 is 1.04 bits per heavy atom. The van der Waals surface area contributed by atoms with Crippen LogP contribution in [0.15, 0.2) is 30.3 Å². The van der Waals surface area contributed by atoms with Gasteiger partial charge in [-0.25, -0.2) is 4.79 Å². The van der Waals surface area contributed by atoms with Gasteiger partial charge in [0.05, 0.1) is 12.2 Å². The first-order valence-corrected chi connectivity index (χ1v) is 8.81. The Labute approximate surface area is 152 Å². The Kier molecular flexibility index (Phi) is 7.20. The van der Waals surface area contributed by atoms with Gasteiger partial charge >= 0.3 is 6.16 Å². The maximum absolute atomic E-state index is 10.6. The largest absolute Gasteiger partial charge is 0.531 e. The monoisotopic (exact) mass is 363 g/mol. The Morgan fingerprint density at radius 2 is 1.69 bits per heavy atom. The molecule has 0 aliphatic heterocycles. The molecule has 0 atom stereocenters. The molecule has 0 radical (unpaired) electrons. The standard InChI is InChI=1S/C19H25NO6/c1-2-3-4-5-6-7-12-25-15-10-8-14(9-11-15)16-13-17(21)20(18(16)22)26-19(23)24/h8-11,13,21-22H,2-7,12H2,1H3,(H,23,24). The molecule has 2 rings (SSSR count). The lowest BCUT2D eigenvalue weighted by atomic mass is 10.1. The van der Waals surface area contributed by atoms with Crippen LogP contribution in [0.2, 0.25) is 0 Å². The van der Waals surface area contributed by atoms with Crippen molar-refractivity contribution >= 4 is 6.16 Å². The topological polar surface area (TPSA) is 101 Å². The van der Waals surface area contributed by atoms with E-state index in [1.807, 2.05) is 0 Å². The molecule has 0 aliphatic rings. The summed E-state index contributed by atoms with van der Waals surface area (Å²) in [6, 6.07) is 8.19. The molecule has 7 heteroatoms. The number of ether oxygens (including phenoxy) is 1. The van der Waals surface area contributed by atoms with Crippen molar-refractivity contribution in [2.75, 3.05) is 6.61 Å². The highest BCUT2D eigenvalue weighted by molar-refractivity contribution is 5.71. The van der Waals surface area contributed by atoms with Crippen LogP contribution in [0.1, 0.15) is 45.4 Å². The van der Waals surface area contributed by atoms with Gasteiger partial charge in [-0.1, -0.05) is 51.2 Å². The van der Waals surface area contributed by atoms with Gasteiger partial charge in [0.15, 0.2) is 0 Å². The molecule has 1 aromatic carbocycles. The molecule has 0 bridgehead atoms. The minimum absolute atomic E-state index is 0.256. The molecule has 2 aromatic rings. The number of carboxylic acid groups (broad SMARTS) is 1. The van der Waals surface area contributed by atoms with Gasteiger partial charge in [0.25, 0.3) is 0 Å². The second-order valence-corrected chi connectivity index (χ2v) is 6.03. The second-order valence-electron chi connectivity index (χ2n) is 6.03. The summed E-state index contributed by atoms with van der Waals surface area (Å²) >= 11 is 0. The molecule has 0 amide bonds. The van der Waals surface area contributed by atoms with Crippen LogP contribution < -0.4 is 9.57 Å². The summed E-state index contributed by atoms with van der Waals surface area (Å²) in [5.41, 5.74) is 0.851. The summed E-state index contributed by atoms with van der Waals surface area (Å²) in [5.74, 6) is -0.291. The van der Waals surface area contributed by atoms with Gasteiger partial charge in [-0.3, -0.25) is 4.84 Å². The average Bonchev–Trinajstić information content (AvgIpc) is 2.89. The van der Waals surface area contributed by atoms with E-state index in [9.17, 15) is 15.0 Å². The number of rotatable bonds is 10. The number of unbranched alkanes of at least 4 members (excludes halogenated alkanes) is 5. The van der Waals surface area contributed by atoms with Crippen molar-refractivity contribution in [2.45, 2.75) is 45.4 Å². The zero-order valence-electron chi connectivity index (χ0n) is 14.9. The minimum Gasteiger partial charge on any atom is -0.494 e. The smallest absolute Gasteiger partial charge is 0.494 e. The number of hydrogen-bond acceptors (Lipinski definition) is 5. The average molecular weight is 363 g/mol. The normalized spacial score (nSPS) is 10.7. The van der Waals surface area contributed by atoms with Crippen LogP contribution in [-0.2, 0) is 0 Å². The van der Waals surface area contributed by atoms with Crippen molar-refractivity contribution < 1.29 is 29.7 Å². The van der Waals surface area contributed by atoms with E-state index in [-0.39, 0.29) is 5.56 Å². The number of carbonyl (C=O) groups is 1. The molecule has 7 nitrogen and oxygen atoms in total. The Morgan fingerprint density at radius 3 is 2.35 bits per heavy atom. The van der Waals surface area contributed by atoms with Crippen molar-refractivity contribution in [3.63, 3.8) is 0 Å². The lowest BCUT2D eigenvalue weighted by molar-refractivity contribution is 0.0646. The fraction of sp³-hybridized carbons (Fsp3) is 0.421. The van der Waals surface area contributed by atoms with Crippen LogP contribution >= 0.6 is 0 Å². The molecule has 3 N–H and O–H groups in total. The molecule has 1 aromatic heterocycles. The third-order valence-corrected chi connectivity index (χ3v) is 4.02.